The predicted molar refractivity (Wildman–Crippen MR) is 146 cm³/mol. The molecule has 0 aliphatic carbocycles. The molecule has 7 nitrogen and oxygen atoms in total. The molecule has 2 aromatic heterocycles. The number of rotatable bonds is 4. The number of H-pyrrole nitrogens is 1. The lowest BCUT2D eigenvalue weighted by molar-refractivity contribution is -0.117. The number of halogens is 2. The molecule has 1 N–H and O–H groups in total. The van der Waals surface area contributed by atoms with Gasteiger partial charge in [0.05, 0.1) is 27.8 Å². The molecule has 0 saturated carbocycles. The molecule has 2 aliphatic rings. The molecule has 6 rings (SSSR count). The van der Waals surface area contributed by atoms with Crippen LogP contribution in [-0.4, -0.2) is 44.7 Å². The fraction of sp³-hybridized carbons (Fsp3) is 0.370. The Labute approximate surface area is 224 Å². The normalized spacial score (nSPS) is 18.0. The Morgan fingerprint density at radius 3 is 2.59 bits per heavy atom. The molecule has 2 aliphatic heterocycles. The first-order valence-electron chi connectivity index (χ1n) is 12.3. The molecule has 194 valence electrons. The molecule has 2 fully saturated rings. The van der Waals surface area contributed by atoms with Crippen LogP contribution in [0.4, 0.5) is 10.1 Å². The highest BCUT2D eigenvalue weighted by Crippen LogP contribution is 2.38. The minimum Gasteiger partial charge on any atom is -0.361 e. The van der Waals surface area contributed by atoms with Crippen LogP contribution in [0.25, 0.3) is 22.2 Å². The predicted octanol–water partition coefficient (Wildman–Crippen LogP) is 6.86. The number of hydrogen-bond acceptors (Lipinski definition) is 6. The lowest BCUT2D eigenvalue weighted by Gasteiger charge is -2.23. The quantitative estimate of drug-likeness (QED) is 0.284. The van der Waals surface area contributed by atoms with Crippen LogP contribution in [0, 0.1) is 19.7 Å². The van der Waals surface area contributed by atoms with E-state index in [1.54, 1.807) is 11.0 Å². The molecule has 2 saturated heterocycles. The summed E-state index contributed by atoms with van der Waals surface area (Å²) in [6.45, 7) is 6.40. The Morgan fingerprint density at radius 2 is 1.95 bits per heavy atom. The fourth-order valence-corrected chi connectivity index (χ4v) is 5.75. The van der Waals surface area contributed by atoms with Crippen LogP contribution in [0.1, 0.15) is 49.0 Å². The van der Waals surface area contributed by atoms with E-state index in [0.717, 1.165) is 33.6 Å². The van der Waals surface area contributed by atoms with Gasteiger partial charge in [0.1, 0.15) is 17.4 Å². The second-order valence-corrected chi connectivity index (χ2v) is 10.6. The van der Waals surface area contributed by atoms with Crippen molar-refractivity contribution in [1.29, 1.82) is 0 Å². The SMILES string of the molecule is CSN1CCCC1.Cc1noc(C)c1-c1ccc2nc(C3CCC(=O)N3c3ccc(Cl)c(F)c3)[nH]c2c1. The second-order valence-electron chi connectivity index (χ2n) is 9.29. The van der Waals surface area contributed by atoms with Crippen LogP contribution in [-0.2, 0) is 4.79 Å². The number of nitrogens with one attached hydrogen (secondary N) is 1. The van der Waals surface area contributed by atoms with Gasteiger partial charge < -0.3 is 14.4 Å². The summed E-state index contributed by atoms with van der Waals surface area (Å²) >= 11 is 7.67. The van der Waals surface area contributed by atoms with Crippen molar-refractivity contribution in [2.75, 3.05) is 24.2 Å². The van der Waals surface area contributed by atoms with E-state index in [0.29, 0.717) is 24.4 Å². The van der Waals surface area contributed by atoms with Gasteiger partial charge in [0.15, 0.2) is 0 Å². The zero-order chi connectivity index (χ0) is 26.1. The molecule has 4 heterocycles. The van der Waals surface area contributed by atoms with Crippen molar-refractivity contribution in [3.05, 3.63) is 64.5 Å². The van der Waals surface area contributed by atoms with E-state index in [-0.39, 0.29) is 17.0 Å². The number of fused-ring (bicyclic) bond motifs is 1. The van der Waals surface area contributed by atoms with Crippen molar-refractivity contribution in [1.82, 2.24) is 19.4 Å². The third-order valence-electron chi connectivity index (χ3n) is 6.85. The highest BCUT2D eigenvalue weighted by Gasteiger charge is 2.35. The molecule has 0 radical (unpaired) electrons. The van der Waals surface area contributed by atoms with Crippen LogP contribution in [0.5, 0.6) is 0 Å². The van der Waals surface area contributed by atoms with Crippen molar-refractivity contribution in [2.24, 2.45) is 0 Å². The standard InChI is InChI=1S/C22H18ClFN4O2.C5H11NS/c1-11-21(12(2)30-27-11)13-3-6-17-18(9-13)26-22(25-17)19-7-8-20(29)28(19)14-4-5-15(23)16(24)10-14;1-7-6-4-2-3-5-6/h3-6,9-10,19H,7-8H2,1-2H3,(H,25,26);2-5H2,1H3. The monoisotopic (exact) mass is 541 g/mol. The van der Waals surface area contributed by atoms with Crippen molar-refractivity contribution in [3.8, 4) is 11.1 Å². The molecule has 4 aromatic rings. The third kappa shape index (κ3) is 5.26. The maximum absolute atomic E-state index is 14.0. The van der Waals surface area contributed by atoms with Crippen molar-refractivity contribution < 1.29 is 13.7 Å². The van der Waals surface area contributed by atoms with Gasteiger partial charge in [0, 0.05) is 30.8 Å². The number of carbonyl (C=O) groups is 1. The summed E-state index contributed by atoms with van der Waals surface area (Å²) in [5.74, 6) is 0.797. The number of nitrogens with zero attached hydrogens (tertiary/aromatic N) is 4. The van der Waals surface area contributed by atoms with Crippen LogP contribution in [0.3, 0.4) is 0 Å². The van der Waals surface area contributed by atoms with Crippen LogP contribution in [0.2, 0.25) is 5.02 Å². The minimum absolute atomic E-state index is 0.0255. The minimum atomic E-state index is -0.554. The Bertz CT molecular complexity index is 1410. The number of amides is 1. The Hall–Kier alpha value is -2.88. The summed E-state index contributed by atoms with van der Waals surface area (Å²) < 4.78 is 21.7. The van der Waals surface area contributed by atoms with E-state index >= 15 is 0 Å². The molecule has 2 aromatic carbocycles. The van der Waals surface area contributed by atoms with Gasteiger partial charge in [0.25, 0.3) is 0 Å². The fourth-order valence-electron chi connectivity index (χ4n) is 5.01. The number of benzene rings is 2. The smallest absolute Gasteiger partial charge is 0.227 e. The first-order valence-corrected chi connectivity index (χ1v) is 13.9. The Kier molecular flexibility index (Phi) is 7.55. The van der Waals surface area contributed by atoms with E-state index < -0.39 is 5.82 Å². The molecule has 10 heteroatoms. The first kappa shape index (κ1) is 25.8. The lowest BCUT2D eigenvalue weighted by Crippen LogP contribution is -2.28. The van der Waals surface area contributed by atoms with E-state index in [4.69, 9.17) is 21.1 Å². The molecule has 37 heavy (non-hydrogen) atoms. The third-order valence-corrected chi connectivity index (χ3v) is 8.04. The van der Waals surface area contributed by atoms with Gasteiger partial charge in [-0.25, -0.2) is 9.37 Å². The van der Waals surface area contributed by atoms with Gasteiger partial charge in [0.2, 0.25) is 5.91 Å². The summed E-state index contributed by atoms with van der Waals surface area (Å²) in [6.07, 6.45) is 5.92. The van der Waals surface area contributed by atoms with Gasteiger partial charge in [-0.1, -0.05) is 34.8 Å². The Balaban J connectivity index is 0.000000348. The number of aromatic nitrogens is 3. The van der Waals surface area contributed by atoms with E-state index in [1.165, 1.54) is 38.1 Å². The summed E-state index contributed by atoms with van der Waals surface area (Å²) in [5.41, 5.74) is 4.88. The van der Waals surface area contributed by atoms with Gasteiger partial charge in [-0.05, 0) is 75.3 Å². The molecule has 1 atom stereocenters. The molecule has 0 spiro atoms. The van der Waals surface area contributed by atoms with Gasteiger partial charge in [-0.3, -0.25) is 9.10 Å². The van der Waals surface area contributed by atoms with Crippen LogP contribution < -0.4 is 4.90 Å². The zero-order valence-electron chi connectivity index (χ0n) is 21.1. The molecule has 1 unspecified atom stereocenters. The maximum atomic E-state index is 14.0. The summed E-state index contributed by atoms with van der Waals surface area (Å²) in [6, 6.07) is 10.0. The van der Waals surface area contributed by atoms with Crippen molar-refractivity contribution >= 4 is 46.2 Å². The number of carbonyl (C=O) groups excluding carboxylic acids is 1. The highest BCUT2D eigenvalue weighted by molar-refractivity contribution is 7.96. The number of imidazole rings is 1. The summed E-state index contributed by atoms with van der Waals surface area (Å²) in [4.78, 5) is 22.2. The molecule has 1 amide bonds. The largest absolute Gasteiger partial charge is 0.361 e. The van der Waals surface area contributed by atoms with Gasteiger partial charge in [-0.2, -0.15) is 0 Å². The zero-order valence-corrected chi connectivity index (χ0v) is 22.6. The summed E-state index contributed by atoms with van der Waals surface area (Å²) in [5, 5.41) is 4.05. The average Bonchev–Trinajstić information content (AvgIpc) is 3.68. The topological polar surface area (TPSA) is 78.3 Å². The molecular formula is C27H29ClFN5O2S. The van der Waals surface area contributed by atoms with Gasteiger partial charge >= 0.3 is 0 Å². The van der Waals surface area contributed by atoms with Crippen LogP contribution >= 0.6 is 23.5 Å². The number of aryl methyl sites for hydroxylation is 2. The molecule has 0 bridgehead atoms. The average molecular weight is 542 g/mol. The lowest BCUT2D eigenvalue weighted by atomic mass is 10.0. The van der Waals surface area contributed by atoms with E-state index in [1.807, 2.05) is 44.0 Å². The van der Waals surface area contributed by atoms with E-state index in [9.17, 15) is 9.18 Å². The number of hydrogen-bond donors (Lipinski definition) is 1. The van der Waals surface area contributed by atoms with E-state index in [2.05, 4.69) is 20.7 Å². The summed E-state index contributed by atoms with van der Waals surface area (Å²) in [7, 11) is 0. The second kappa shape index (κ2) is 10.8. The first-order chi connectivity index (χ1) is 17.9. The van der Waals surface area contributed by atoms with Crippen LogP contribution in [0.15, 0.2) is 40.9 Å². The highest BCUT2D eigenvalue weighted by atomic mass is 35.5. The number of anilines is 1. The molecular weight excluding hydrogens is 513 g/mol. The van der Waals surface area contributed by atoms with Gasteiger partial charge in [-0.15, -0.1) is 0 Å². The Morgan fingerprint density at radius 1 is 1.16 bits per heavy atom. The number of aromatic amines is 1. The van der Waals surface area contributed by atoms with Crippen molar-refractivity contribution in [2.45, 2.75) is 45.6 Å². The maximum Gasteiger partial charge on any atom is 0.227 e. The van der Waals surface area contributed by atoms with Crippen molar-refractivity contribution in [3.63, 3.8) is 0 Å².